The predicted octanol–water partition coefficient (Wildman–Crippen LogP) is 4.23. The van der Waals surface area contributed by atoms with Gasteiger partial charge in [-0.15, -0.1) is 0 Å². The van der Waals surface area contributed by atoms with Crippen LogP contribution in [-0.2, 0) is 26.2 Å². The lowest BCUT2D eigenvalue weighted by Gasteiger charge is -2.33. The number of benzene rings is 2. The summed E-state index contributed by atoms with van der Waals surface area (Å²) in [4.78, 5) is 28.1. The van der Waals surface area contributed by atoms with Gasteiger partial charge in [0, 0.05) is 18.1 Å². The van der Waals surface area contributed by atoms with Crippen LogP contribution in [0.4, 0.5) is 5.69 Å². The van der Waals surface area contributed by atoms with Gasteiger partial charge in [-0.25, -0.2) is 8.42 Å². The van der Waals surface area contributed by atoms with Crippen LogP contribution in [0.2, 0.25) is 5.02 Å². The number of ether oxygens (including phenoxy) is 1. The lowest BCUT2D eigenvalue weighted by molar-refractivity contribution is -0.140. The highest BCUT2D eigenvalue weighted by Crippen LogP contribution is 2.24. The van der Waals surface area contributed by atoms with Crippen LogP contribution >= 0.6 is 11.6 Å². The third kappa shape index (κ3) is 8.41. The molecule has 0 aliphatic rings. The molecular formula is C26H36ClN3O5S. The van der Waals surface area contributed by atoms with E-state index in [1.165, 1.54) is 4.90 Å². The van der Waals surface area contributed by atoms with Crippen LogP contribution in [0.15, 0.2) is 48.5 Å². The Morgan fingerprint density at radius 2 is 1.72 bits per heavy atom. The van der Waals surface area contributed by atoms with E-state index in [1.807, 2.05) is 20.8 Å². The molecule has 198 valence electrons. The molecule has 1 atom stereocenters. The SMILES string of the molecule is CCCCNC(=O)C(CC)N(Cc1ccccc1Cl)C(=O)CN(c1ccc(OCC)cc1)S(C)(=O)=O. The Bertz CT molecular complexity index is 1110. The van der Waals surface area contributed by atoms with Crippen molar-refractivity contribution in [1.82, 2.24) is 10.2 Å². The van der Waals surface area contributed by atoms with E-state index in [4.69, 9.17) is 16.3 Å². The molecule has 0 aromatic heterocycles. The number of hydrogen-bond acceptors (Lipinski definition) is 5. The second-order valence-corrected chi connectivity index (χ2v) is 10.7. The molecule has 0 aliphatic heterocycles. The molecule has 0 bridgehead atoms. The molecule has 0 saturated heterocycles. The van der Waals surface area contributed by atoms with E-state index in [9.17, 15) is 18.0 Å². The Morgan fingerprint density at radius 3 is 2.28 bits per heavy atom. The predicted molar refractivity (Wildman–Crippen MR) is 144 cm³/mol. The molecule has 0 heterocycles. The van der Waals surface area contributed by atoms with Gasteiger partial charge in [-0.05, 0) is 55.7 Å². The Morgan fingerprint density at radius 1 is 1.06 bits per heavy atom. The summed E-state index contributed by atoms with van der Waals surface area (Å²) in [6.45, 7) is 6.28. The Hall–Kier alpha value is -2.78. The first-order valence-electron chi connectivity index (χ1n) is 12.1. The molecule has 2 aromatic rings. The molecule has 0 fully saturated rings. The highest BCUT2D eigenvalue weighted by atomic mass is 35.5. The Balaban J connectivity index is 2.39. The van der Waals surface area contributed by atoms with E-state index in [0.717, 1.165) is 23.4 Å². The van der Waals surface area contributed by atoms with Crippen molar-refractivity contribution in [3.8, 4) is 5.75 Å². The number of amides is 2. The highest BCUT2D eigenvalue weighted by molar-refractivity contribution is 7.92. The molecule has 2 amide bonds. The molecule has 1 unspecified atom stereocenters. The summed E-state index contributed by atoms with van der Waals surface area (Å²) in [5.74, 6) is -0.193. The molecule has 0 saturated carbocycles. The first kappa shape index (κ1) is 29.5. The number of hydrogen-bond donors (Lipinski definition) is 1. The van der Waals surface area contributed by atoms with Crippen LogP contribution < -0.4 is 14.4 Å². The Kier molecular flexibility index (Phi) is 11.5. The molecule has 2 rings (SSSR count). The second-order valence-electron chi connectivity index (χ2n) is 8.38. The molecule has 10 heteroatoms. The van der Waals surface area contributed by atoms with E-state index in [-0.39, 0.29) is 12.5 Å². The second kappa shape index (κ2) is 14.1. The minimum absolute atomic E-state index is 0.0685. The van der Waals surface area contributed by atoms with Gasteiger partial charge >= 0.3 is 0 Å². The van der Waals surface area contributed by atoms with Gasteiger partial charge < -0.3 is 15.0 Å². The molecule has 0 radical (unpaired) electrons. The first-order chi connectivity index (χ1) is 17.1. The molecule has 0 spiro atoms. The van der Waals surface area contributed by atoms with Gasteiger partial charge in [-0.1, -0.05) is 50.1 Å². The van der Waals surface area contributed by atoms with Gasteiger partial charge in [0.25, 0.3) is 0 Å². The van der Waals surface area contributed by atoms with E-state index in [0.29, 0.717) is 41.6 Å². The smallest absolute Gasteiger partial charge is 0.244 e. The van der Waals surface area contributed by atoms with Gasteiger partial charge in [0.15, 0.2) is 0 Å². The number of unbranched alkanes of at least 4 members (excludes halogenated alkanes) is 1. The molecule has 0 aliphatic carbocycles. The van der Waals surface area contributed by atoms with Crippen molar-refractivity contribution in [1.29, 1.82) is 0 Å². The summed E-state index contributed by atoms with van der Waals surface area (Å²) in [7, 11) is -3.80. The van der Waals surface area contributed by atoms with Crippen molar-refractivity contribution in [2.45, 2.75) is 52.6 Å². The number of anilines is 1. The fourth-order valence-corrected chi connectivity index (χ4v) is 4.77. The standard InChI is InChI=1S/C26H36ClN3O5S/c1-5-8-17-28-26(32)24(6-2)29(18-20-11-9-10-12-23(20)27)25(31)19-30(36(4,33)34)21-13-15-22(16-14-21)35-7-3/h9-16,24H,5-8,17-19H2,1-4H3,(H,28,32). The number of rotatable bonds is 14. The summed E-state index contributed by atoms with van der Waals surface area (Å²) in [5, 5.41) is 3.35. The van der Waals surface area contributed by atoms with Crippen molar-refractivity contribution in [3.05, 3.63) is 59.1 Å². The van der Waals surface area contributed by atoms with Crippen LogP contribution in [-0.4, -0.2) is 57.1 Å². The summed E-state index contributed by atoms with van der Waals surface area (Å²) in [6.07, 6.45) is 3.14. The third-order valence-electron chi connectivity index (χ3n) is 5.63. The van der Waals surface area contributed by atoms with Crippen molar-refractivity contribution in [2.75, 3.05) is 30.3 Å². The first-order valence-corrected chi connectivity index (χ1v) is 14.4. The minimum atomic E-state index is -3.80. The van der Waals surface area contributed by atoms with Crippen molar-refractivity contribution < 1.29 is 22.7 Å². The molecule has 2 aromatic carbocycles. The molecule has 8 nitrogen and oxygen atoms in total. The highest BCUT2D eigenvalue weighted by Gasteiger charge is 2.32. The van der Waals surface area contributed by atoms with Crippen molar-refractivity contribution in [3.63, 3.8) is 0 Å². The number of nitrogens with zero attached hydrogens (tertiary/aromatic N) is 2. The topological polar surface area (TPSA) is 96.0 Å². The van der Waals surface area contributed by atoms with Crippen molar-refractivity contribution in [2.24, 2.45) is 0 Å². The summed E-state index contributed by atoms with van der Waals surface area (Å²) in [5.41, 5.74) is 0.992. The number of sulfonamides is 1. The number of carbonyl (C=O) groups excluding carboxylic acids is 2. The quantitative estimate of drug-likeness (QED) is 0.364. The van der Waals surface area contributed by atoms with Gasteiger partial charge in [0.2, 0.25) is 21.8 Å². The molecular weight excluding hydrogens is 502 g/mol. The van der Waals surface area contributed by atoms with Gasteiger partial charge in [-0.2, -0.15) is 0 Å². The number of carbonyl (C=O) groups is 2. The third-order valence-corrected chi connectivity index (χ3v) is 7.14. The normalized spacial score (nSPS) is 12.0. The lowest BCUT2D eigenvalue weighted by Crippen LogP contribution is -2.52. The van der Waals surface area contributed by atoms with E-state index >= 15 is 0 Å². The number of nitrogens with one attached hydrogen (secondary N) is 1. The maximum Gasteiger partial charge on any atom is 0.244 e. The zero-order valence-electron chi connectivity index (χ0n) is 21.4. The molecule has 1 N–H and O–H groups in total. The van der Waals surface area contributed by atoms with E-state index in [1.54, 1.807) is 48.5 Å². The zero-order chi connectivity index (χ0) is 26.7. The van der Waals surface area contributed by atoms with Crippen LogP contribution in [0.3, 0.4) is 0 Å². The van der Waals surface area contributed by atoms with Gasteiger partial charge in [0.05, 0.1) is 18.6 Å². The average Bonchev–Trinajstić information content (AvgIpc) is 2.83. The fourth-order valence-electron chi connectivity index (χ4n) is 3.72. The fraction of sp³-hybridized carbons (Fsp3) is 0.462. The lowest BCUT2D eigenvalue weighted by atomic mass is 10.1. The number of halogens is 1. The van der Waals surface area contributed by atoms with Crippen LogP contribution in [0.1, 0.15) is 45.6 Å². The zero-order valence-corrected chi connectivity index (χ0v) is 22.9. The summed E-state index contributed by atoms with van der Waals surface area (Å²) in [6, 6.07) is 12.8. The monoisotopic (exact) mass is 537 g/mol. The van der Waals surface area contributed by atoms with E-state index in [2.05, 4.69) is 5.32 Å². The van der Waals surface area contributed by atoms with Crippen molar-refractivity contribution >= 4 is 39.1 Å². The summed E-state index contributed by atoms with van der Waals surface area (Å²) < 4.78 is 31.8. The van der Waals surface area contributed by atoms with Crippen LogP contribution in [0.5, 0.6) is 5.75 Å². The average molecular weight is 538 g/mol. The van der Waals surface area contributed by atoms with Crippen LogP contribution in [0.25, 0.3) is 0 Å². The maximum atomic E-state index is 13.7. The minimum Gasteiger partial charge on any atom is -0.494 e. The van der Waals surface area contributed by atoms with E-state index < -0.39 is 28.5 Å². The summed E-state index contributed by atoms with van der Waals surface area (Å²) >= 11 is 6.36. The van der Waals surface area contributed by atoms with Crippen LogP contribution in [0, 0.1) is 0 Å². The molecule has 36 heavy (non-hydrogen) atoms. The largest absolute Gasteiger partial charge is 0.494 e. The van der Waals surface area contributed by atoms with Gasteiger partial charge in [0.1, 0.15) is 18.3 Å². The van der Waals surface area contributed by atoms with Gasteiger partial charge in [-0.3, -0.25) is 13.9 Å². The maximum absolute atomic E-state index is 13.7. The Labute approximate surface area is 219 Å².